The van der Waals surface area contributed by atoms with Crippen molar-refractivity contribution in [1.82, 2.24) is 4.98 Å². The van der Waals surface area contributed by atoms with Crippen LogP contribution in [-0.4, -0.2) is 16.6 Å². The molecule has 0 fully saturated rings. The Morgan fingerprint density at radius 3 is 2.13 bits per heavy atom. The number of thiophene rings is 1. The number of fused-ring (bicyclic) bond motifs is 4. The summed E-state index contributed by atoms with van der Waals surface area (Å²) >= 11 is 1.61. The monoisotopic (exact) mass is 616 g/mol. The topological polar surface area (TPSA) is 50.3 Å². The number of carbonyl (C=O) groups is 2. The van der Waals surface area contributed by atoms with Crippen molar-refractivity contribution in [3.05, 3.63) is 147 Å². The van der Waals surface area contributed by atoms with E-state index in [0.29, 0.717) is 11.1 Å². The molecule has 1 aliphatic heterocycles. The van der Waals surface area contributed by atoms with Gasteiger partial charge in [0.15, 0.2) is 11.6 Å². The first-order valence-corrected chi connectivity index (χ1v) is 16.4. The van der Waals surface area contributed by atoms with Gasteiger partial charge in [-0.1, -0.05) is 80.1 Å². The zero-order chi connectivity index (χ0) is 31.9. The molecule has 0 unspecified atom stereocenters. The lowest BCUT2D eigenvalue weighted by atomic mass is 9.74. The van der Waals surface area contributed by atoms with Gasteiger partial charge in [-0.3, -0.25) is 14.6 Å². The second-order valence-electron chi connectivity index (χ2n) is 12.9. The van der Waals surface area contributed by atoms with Gasteiger partial charge >= 0.3 is 0 Å². The first-order chi connectivity index (χ1) is 22.1. The molecular formula is C41H32N2O2S. The maximum absolute atomic E-state index is 13.3. The van der Waals surface area contributed by atoms with Crippen LogP contribution < -0.4 is 4.90 Å². The minimum absolute atomic E-state index is 0.208. The molecule has 0 bridgehead atoms. The average molecular weight is 617 g/mol. The number of Topliss-reactive ketones (excluding diaryl/α,β-unsaturated/α-hetero) is 2. The lowest BCUT2D eigenvalue weighted by molar-refractivity contribution is 0.0990. The third-order valence-corrected chi connectivity index (χ3v) is 10.6. The predicted molar refractivity (Wildman–Crippen MR) is 189 cm³/mol. The zero-order valence-electron chi connectivity index (χ0n) is 26.4. The molecule has 5 heteroatoms. The van der Waals surface area contributed by atoms with Crippen molar-refractivity contribution in [2.45, 2.75) is 40.0 Å². The molecule has 4 aromatic carbocycles. The molecule has 8 rings (SSSR count). The summed E-state index contributed by atoms with van der Waals surface area (Å²) in [6.45, 7) is 11.1. The van der Waals surface area contributed by atoms with Gasteiger partial charge in [0.25, 0.3) is 0 Å². The van der Waals surface area contributed by atoms with E-state index in [1.165, 1.54) is 33.4 Å². The molecule has 0 radical (unpaired) electrons. The number of aryl methyl sites for hydroxylation is 3. The molecule has 0 atom stereocenters. The standard InChI is InChI=1S/C41H32N2O2S/c1-23-18-24(2)37(25(3)19-23)26-14-15-36-32(20-26)41(4,5)33-22-27(21-31-38(44)28-10-6-7-11-29(28)39(31)45)46-40(33)43(36)35-16-17-42-34-13-9-8-12-30(34)35/h6-22H,1-5H3. The number of hydrogen-bond acceptors (Lipinski definition) is 5. The second-order valence-corrected chi connectivity index (χ2v) is 14.0. The normalized spacial score (nSPS) is 14.8. The summed E-state index contributed by atoms with van der Waals surface area (Å²) in [4.78, 5) is 34.6. The molecular weight excluding hydrogens is 585 g/mol. The van der Waals surface area contributed by atoms with Gasteiger partial charge in [-0.05, 0) is 90.6 Å². The molecule has 4 nitrogen and oxygen atoms in total. The van der Waals surface area contributed by atoms with Crippen LogP contribution in [0.4, 0.5) is 16.4 Å². The van der Waals surface area contributed by atoms with Crippen LogP contribution in [-0.2, 0) is 5.41 Å². The van der Waals surface area contributed by atoms with Crippen molar-refractivity contribution < 1.29 is 9.59 Å². The van der Waals surface area contributed by atoms with Crippen LogP contribution in [0.5, 0.6) is 0 Å². The number of para-hydroxylation sites is 1. The Bertz CT molecular complexity index is 2260. The molecule has 2 aliphatic rings. The van der Waals surface area contributed by atoms with Crippen LogP contribution in [0.25, 0.3) is 28.1 Å². The van der Waals surface area contributed by atoms with Crippen molar-refractivity contribution in [3.63, 3.8) is 0 Å². The average Bonchev–Trinajstić information content (AvgIpc) is 3.57. The minimum atomic E-state index is -0.355. The Labute approximate surface area is 272 Å². The van der Waals surface area contributed by atoms with Crippen LogP contribution in [0, 0.1) is 20.8 Å². The second kappa shape index (κ2) is 10.2. The van der Waals surface area contributed by atoms with Crippen LogP contribution in [0.3, 0.4) is 0 Å². The van der Waals surface area contributed by atoms with E-state index in [1.54, 1.807) is 41.7 Å². The number of carbonyl (C=O) groups excluding carboxylic acids is 2. The number of ketones is 2. The molecule has 2 aromatic heterocycles. The Hall–Kier alpha value is -5.13. The first kappa shape index (κ1) is 28.4. The Balaban J connectivity index is 1.36. The number of rotatable bonds is 3. The lowest BCUT2D eigenvalue weighted by Gasteiger charge is -2.40. The molecule has 0 N–H and O–H groups in total. The maximum Gasteiger partial charge on any atom is 0.197 e. The number of hydrogen-bond donors (Lipinski definition) is 0. The van der Waals surface area contributed by atoms with Crippen molar-refractivity contribution in [2.75, 3.05) is 4.90 Å². The molecule has 0 saturated carbocycles. The first-order valence-electron chi connectivity index (χ1n) is 15.5. The Kier molecular flexibility index (Phi) is 6.28. The number of nitrogens with zero attached hydrogens (tertiary/aromatic N) is 2. The third kappa shape index (κ3) is 4.15. The summed E-state index contributed by atoms with van der Waals surface area (Å²) in [5.41, 5.74) is 12.5. The number of benzene rings is 4. The highest BCUT2D eigenvalue weighted by molar-refractivity contribution is 7.17. The van der Waals surface area contributed by atoms with E-state index >= 15 is 0 Å². The van der Waals surface area contributed by atoms with Gasteiger partial charge in [-0.2, -0.15) is 0 Å². The molecule has 0 spiro atoms. The van der Waals surface area contributed by atoms with Gasteiger partial charge in [0, 0.05) is 33.0 Å². The Morgan fingerprint density at radius 2 is 1.41 bits per heavy atom. The quantitative estimate of drug-likeness (QED) is 0.147. The van der Waals surface area contributed by atoms with Gasteiger partial charge < -0.3 is 4.90 Å². The van der Waals surface area contributed by atoms with E-state index in [-0.39, 0.29) is 22.6 Å². The highest BCUT2D eigenvalue weighted by Crippen LogP contribution is 2.56. The summed E-state index contributed by atoms with van der Waals surface area (Å²) in [6.07, 6.45) is 3.66. The van der Waals surface area contributed by atoms with Gasteiger partial charge in [-0.25, -0.2) is 0 Å². The number of pyridine rings is 1. The molecule has 224 valence electrons. The van der Waals surface area contributed by atoms with E-state index < -0.39 is 0 Å². The third-order valence-electron chi connectivity index (χ3n) is 9.54. The van der Waals surface area contributed by atoms with E-state index in [2.05, 4.69) is 99.1 Å². The lowest BCUT2D eigenvalue weighted by Crippen LogP contribution is -2.29. The van der Waals surface area contributed by atoms with Crippen molar-refractivity contribution >= 4 is 56.3 Å². The zero-order valence-corrected chi connectivity index (χ0v) is 27.3. The number of anilines is 3. The summed E-state index contributed by atoms with van der Waals surface area (Å²) in [5.74, 6) is -0.417. The molecule has 0 amide bonds. The fourth-order valence-corrected chi connectivity index (χ4v) is 8.71. The van der Waals surface area contributed by atoms with E-state index in [0.717, 1.165) is 37.7 Å². The van der Waals surface area contributed by atoms with Gasteiger partial charge in [-0.15, -0.1) is 11.3 Å². The summed E-state index contributed by atoms with van der Waals surface area (Å²) < 4.78 is 0. The number of aromatic nitrogens is 1. The Morgan fingerprint density at radius 1 is 0.739 bits per heavy atom. The number of allylic oxidation sites excluding steroid dienone is 1. The molecule has 3 heterocycles. The van der Waals surface area contributed by atoms with Crippen LogP contribution in [0.2, 0.25) is 0 Å². The molecule has 46 heavy (non-hydrogen) atoms. The fourth-order valence-electron chi connectivity index (χ4n) is 7.42. The highest BCUT2D eigenvalue weighted by atomic mass is 32.1. The smallest absolute Gasteiger partial charge is 0.197 e. The van der Waals surface area contributed by atoms with E-state index in [4.69, 9.17) is 0 Å². The van der Waals surface area contributed by atoms with E-state index in [9.17, 15) is 9.59 Å². The minimum Gasteiger partial charge on any atom is -0.301 e. The summed E-state index contributed by atoms with van der Waals surface area (Å²) in [7, 11) is 0. The predicted octanol–water partition coefficient (Wildman–Crippen LogP) is 10.5. The SMILES string of the molecule is Cc1cc(C)c(-c2ccc3c(c2)C(C)(C)c2cc(C=C4C(=O)c5ccccc5C4=O)sc2N3c2ccnc3ccccc23)c(C)c1. The van der Waals surface area contributed by atoms with Crippen molar-refractivity contribution in [3.8, 4) is 11.1 Å². The summed E-state index contributed by atoms with van der Waals surface area (Å²) in [6, 6.07) is 30.9. The molecule has 1 aliphatic carbocycles. The van der Waals surface area contributed by atoms with Crippen LogP contribution in [0.15, 0.2) is 103 Å². The largest absolute Gasteiger partial charge is 0.301 e. The molecule has 0 saturated heterocycles. The van der Waals surface area contributed by atoms with Gasteiger partial charge in [0.2, 0.25) is 0 Å². The van der Waals surface area contributed by atoms with Crippen LogP contribution >= 0.6 is 11.3 Å². The van der Waals surface area contributed by atoms with Crippen LogP contribution in [0.1, 0.15) is 67.3 Å². The molecule has 6 aromatic rings. The van der Waals surface area contributed by atoms with Gasteiger partial charge in [0.1, 0.15) is 5.00 Å². The highest BCUT2D eigenvalue weighted by Gasteiger charge is 2.40. The van der Waals surface area contributed by atoms with Crippen molar-refractivity contribution in [1.29, 1.82) is 0 Å². The van der Waals surface area contributed by atoms with Crippen molar-refractivity contribution in [2.24, 2.45) is 0 Å². The maximum atomic E-state index is 13.3. The summed E-state index contributed by atoms with van der Waals surface area (Å²) in [5, 5.41) is 2.13. The van der Waals surface area contributed by atoms with Gasteiger partial charge in [0.05, 0.1) is 22.5 Å². The fraction of sp³-hybridized carbons (Fsp3) is 0.146. The van der Waals surface area contributed by atoms with E-state index in [1.807, 2.05) is 18.3 Å².